The van der Waals surface area contributed by atoms with E-state index >= 15 is 0 Å². The lowest BCUT2D eigenvalue weighted by molar-refractivity contribution is -0.152. The molecule has 0 bridgehead atoms. The molecular formula is C12H26O2. The van der Waals surface area contributed by atoms with Crippen LogP contribution in [0.1, 0.15) is 54.9 Å². The first-order valence-corrected chi connectivity index (χ1v) is 5.51. The second kappa shape index (κ2) is 9.04. The minimum Gasteiger partial charge on any atom is -0.462 e. The zero-order valence-corrected chi connectivity index (χ0v) is 10.8. The van der Waals surface area contributed by atoms with Gasteiger partial charge in [0.2, 0.25) is 0 Å². The summed E-state index contributed by atoms with van der Waals surface area (Å²) in [7, 11) is 0. The molecule has 0 saturated heterocycles. The standard InChI is InChI=1S/C8H16O2.C4H10/c1-5-7(4)10-8(9)6(2)3;1-4(2)3/h6-7H,5H2,1-4H3;4H,1-3H3/t7-;/m0./s1. The van der Waals surface area contributed by atoms with Gasteiger partial charge in [-0.05, 0) is 19.3 Å². The van der Waals surface area contributed by atoms with Gasteiger partial charge in [0.1, 0.15) is 0 Å². The molecule has 0 aliphatic carbocycles. The Morgan fingerprint density at radius 1 is 1.07 bits per heavy atom. The molecule has 0 aliphatic rings. The van der Waals surface area contributed by atoms with Crippen LogP contribution in [0, 0.1) is 11.8 Å². The van der Waals surface area contributed by atoms with Crippen molar-refractivity contribution in [2.24, 2.45) is 11.8 Å². The third-order valence-electron chi connectivity index (χ3n) is 1.36. The molecule has 14 heavy (non-hydrogen) atoms. The number of hydrogen-bond donors (Lipinski definition) is 0. The molecule has 0 fully saturated rings. The monoisotopic (exact) mass is 202 g/mol. The predicted octanol–water partition coefficient (Wildman–Crippen LogP) is 3.65. The Balaban J connectivity index is 0. The van der Waals surface area contributed by atoms with Gasteiger partial charge in [-0.2, -0.15) is 0 Å². The fourth-order valence-corrected chi connectivity index (χ4v) is 0.418. The van der Waals surface area contributed by atoms with Gasteiger partial charge in [0.25, 0.3) is 0 Å². The molecule has 2 nitrogen and oxygen atoms in total. The quantitative estimate of drug-likeness (QED) is 0.653. The zero-order chi connectivity index (χ0) is 11.7. The van der Waals surface area contributed by atoms with E-state index in [2.05, 4.69) is 20.8 Å². The van der Waals surface area contributed by atoms with E-state index in [-0.39, 0.29) is 18.0 Å². The van der Waals surface area contributed by atoms with Gasteiger partial charge in [0.05, 0.1) is 12.0 Å². The van der Waals surface area contributed by atoms with Crippen LogP contribution in [0.4, 0.5) is 0 Å². The molecule has 0 heterocycles. The topological polar surface area (TPSA) is 26.3 Å². The second-order valence-electron chi connectivity index (χ2n) is 4.54. The normalized spacial score (nSPS) is 12.1. The van der Waals surface area contributed by atoms with E-state index in [0.717, 1.165) is 12.3 Å². The lowest BCUT2D eigenvalue weighted by atomic mass is 10.2. The number of rotatable bonds is 3. The lowest BCUT2D eigenvalue weighted by Crippen LogP contribution is -2.18. The Labute approximate surface area is 89.0 Å². The van der Waals surface area contributed by atoms with Crippen molar-refractivity contribution in [1.29, 1.82) is 0 Å². The van der Waals surface area contributed by atoms with E-state index in [1.54, 1.807) is 0 Å². The summed E-state index contributed by atoms with van der Waals surface area (Å²) in [6.07, 6.45) is 0.952. The van der Waals surface area contributed by atoms with Gasteiger partial charge in [-0.3, -0.25) is 4.79 Å². The summed E-state index contributed by atoms with van der Waals surface area (Å²) in [5.74, 6) is 0.725. The highest BCUT2D eigenvalue weighted by Crippen LogP contribution is 2.02. The molecule has 0 aromatic heterocycles. The molecule has 0 rings (SSSR count). The van der Waals surface area contributed by atoms with Crippen LogP contribution in [0.3, 0.4) is 0 Å². The van der Waals surface area contributed by atoms with Crippen LogP contribution < -0.4 is 0 Å². The molecule has 0 aliphatic heterocycles. The molecule has 0 amide bonds. The molecule has 0 aromatic carbocycles. The van der Waals surface area contributed by atoms with Gasteiger partial charge >= 0.3 is 5.97 Å². The first-order chi connectivity index (χ1) is 6.31. The predicted molar refractivity (Wildman–Crippen MR) is 61.2 cm³/mol. The maximum Gasteiger partial charge on any atom is 0.308 e. The molecule has 1 atom stereocenters. The van der Waals surface area contributed by atoms with Crippen LogP contribution in [0.2, 0.25) is 0 Å². The minimum atomic E-state index is -0.102. The van der Waals surface area contributed by atoms with Gasteiger partial charge in [-0.25, -0.2) is 0 Å². The van der Waals surface area contributed by atoms with Crippen molar-refractivity contribution in [2.75, 3.05) is 0 Å². The highest BCUT2D eigenvalue weighted by molar-refractivity contribution is 5.71. The van der Waals surface area contributed by atoms with E-state index < -0.39 is 0 Å². The summed E-state index contributed by atoms with van der Waals surface area (Å²) in [5.41, 5.74) is 0. The average molecular weight is 202 g/mol. The highest BCUT2D eigenvalue weighted by Gasteiger charge is 2.10. The molecule has 0 radical (unpaired) electrons. The summed E-state index contributed by atoms with van der Waals surface area (Å²) < 4.78 is 5.02. The van der Waals surface area contributed by atoms with Crippen molar-refractivity contribution in [1.82, 2.24) is 0 Å². The number of hydrogen-bond acceptors (Lipinski definition) is 2. The van der Waals surface area contributed by atoms with Crippen LogP contribution in [0.15, 0.2) is 0 Å². The SMILES string of the molecule is CC(C)C.CC[C@H](C)OC(=O)C(C)C. The van der Waals surface area contributed by atoms with E-state index in [1.807, 2.05) is 27.7 Å². The largest absolute Gasteiger partial charge is 0.462 e. The maximum atomic E-state index is 10.9. The molecule has 0 N–H and O–H groups in total. The second-order valence-corrected chi connectivity index (χ2v) is 4.54. The van der Waals surface area contributed by atoms with Crippen molar-refractivity contribution < 1.29 is 9.53 Å². The Hall–Kier alpha value is -0.530. The fraction of sp³-hybridized carbons (Fsp3) is 0.917. The van der Waals surface area contributed by atoms with E-state index in [0.29, 0.717) is 0 Å². The molecular weight excluding hydrogens is 176 g/mol. The van der Waals surface area contributed by atoms with Gasteiger partial charge in [0, 0.05) is 0 Å². The molecule has 2 heteroatoms. The lowest BCUT2D eigenvalue weighted by Gasteiger charge is -2.11. The molecule has 0 spiro atoms. The zero-order valence-electron chi connectivity index (χ0n) is 10.8. The number of carbonyl (C=O) groups is 1. The van der Waals surface area contributed by atoms with Crippen molar-refractivity contribution in [3.8, 4) is 0 Å². The maximum absolute atomic E-state index is 10.9. The molecule has 0 saturated carbocycles. The average Bonchev–Trinajstić information content (AvgIpc) is 2.02. The summed E-state index contributed by atoms with van der Waals surface area (Å²) in [4.78, 5) is 10.9. The van der Waals surface area contributed by atoms with Gasteiger partial charge in [-0.15, -0.1) is 0 Å². The Kier molecular flexibility index (Phi) is 10.3. The smallest absolute Gasteiger partial charge is 0.308 e. The first-order valence-electron chi connectivity index (χ1n) is 5.51. The number of ether oxygens (including phenoxy) is 1. The highest BCUT2D eigenvalue weighted by atomic mass is 16.5. The summed E-state index contributed by atoms with van der Waals surface area (Å²) in [5, 5.41) is 0. The van der Waals surface area contributed by atoms with Crippen molar-refractivity contribution >= 4 is 5.97 Å². The van der Waals surface area contributed by atoms with E-state index in [1.165, 1.54) is 0 Å². The third kappa shape index (κ3) is 14.0. The third-order valence-corrected chi connectivity index (χ3v) is 1.36. The van der Waals surface area contributed by atoms with E-state index in [4.69, 9.17) is 4.74 Å². The molecule has 86 valence electrons. The summed E-state index contributed by atoms with van der Waals surface area (Å²) in [6.45, 7) is 14.1. The van der Waals surface area contributed by atoms with E-state index in [9.17, 15) is 4.79 Å². The van der Waals surface area contributed by atoms with Crippen LogP contribution >= 0.6 is 0 Å². The van der Waals surface area contributed by atoms with Gasteiger partial charge < -0.3 is 4.74 Å². The number of esters is 1. The van der Waals surface area contributed by atoms with Gasteiger partial charge in [-0.1, -0.05) is 41.5 Å². The van der Waals surface area contributed by atoms with Crippen LogP contribution in [0.25, 0.3) is 0 Å². The van der Waals surface area contributed by atoms with Crippen molar-refractivity contribution in [3.63, 3.8) is 0 Å². The van der Waals surface area contributed by atoms with Crippen molar-refractivity contribution in [3.05, 3.63) is 0 Å². The number of carbonyl (C=O) groups excluding carboxylic acids is 1. The van der Waals surface area contributed by atoms with Gasteiger partial charge in [0.15, 0.2) is 0 Å². The first kappa shape index (κ1) is 15.9. The molecule has 0 unspecified atom stereocenters. The fourth-order valence-electron chi connectivity index (χ4n) is 0.418. The summed E-state index contributed by atoms with van der Waals surface area (Å²) >= 11 is 0. The molecule has 0 aromatic rings. The minimum absolute atomic E-state index is 0.00556. The van der Waals surface area contributed by atoms with Crippen LogP contribution in [-0.4, -0.2) is 12.1 Å². The Morgan fingerprint density at radius 2 is 1.43 bits per heavy atom. The van der Waals surface area contributed by atoms with Crippen LogP contribution in [-0.2, 0) is 9.53 Å². The Morgan fingerprint density at radius 3 is 1.64 bits per heavy atom. The van der Waals surface area contributed by atoms with Crippen molar-refractivity contribution in [2.45, 2.75) is 61.0 Å². The Bertz CT molecular complexity index is 137. The summed E-state index contributed by atoms with van der Waals surface area (Å²) in [6, 6.07) is 0. The van der Waals surface area contributed by atoms with Crippen LogP contribution in [0.5, 0.6) is 0 Å².